The van der Waals surface area contributed by atoms with Gasteiger partial charge in [0.2, 0.25) is 0 Å². The molecule has 2 N–H and O–H groups in total. The Hall–Kier alpha value is -3.58. The molecule has 0 radical (unpaired) electrons. The molecule has 0 atom stereocenters. The van der Waals surface area contributed by atoms with E-state index in [-0.39, 0.29) is 5.57 Å². The Morgan fingerprint density at radius 2 is 1.76 bits per heavy atom. The first kappa shape index (κ1) is 16.3. The quantitative estimate of drug-likeness (QED) is 0.571. The number of hydrogen-bond acceptors (Lipinski definition) is 3. The number of nitrogens with two attached hydrogens (primary N) is 1. The third-order valence-electron chi connectivity index (χ3n) is 3.84. The standard InChI is InChI=1S/C21H16N2O2/c22-13-17(21(23)24)12-19-18-9-5-4-8-16(18)10-11-20(19)25-14-15-6-2-1-3-7-15/h1-12H,14H2,(H2,23,24)/b17-12+. The highest BCUT2D eigenvalue weighted by Crippen LogP contribution is 2.30. The van der Waals surface area contributed by atoms with Crippen LogP contribution in [0.5, 0.6) is 5.75 Å². The molecule has 3 aromatic rings. The average molecular weight is 328 g/mol. The van der Waals surface area contributed by atoms with Gasteiger partial charge in [-0.05, 0) is 28.5 Å². The number of benzene rings is 3. The van der Waals surface area contributed by atoms with Gasteiger partial charge in [-0.25, -0.2) is 0 Å². The fraction of sp³-hybridized carbons (Fsp3) is 0.0476. The van der Waals surface area contributed by atoms with Crippen molar-refractivity contribution in [1.29, 1.82) is 5.26 Å². The predicted octanol–water partition coefficient (Wildman–Crippen LogP) is 3.81. The van der Waals surface area contributed by atoms with E-state index in [1.165, 1.54) is 6.08 Å². The van der Waals surface area contributed by atoms with Crippen LogP contribution >= 0.6 is 0 Å². The summed E-state index contributed by atoms with van der Waals surface area (Å²) in [5.41, 5.74) is 6.87. The number of carbonyl (C=O) groups excluding carboxylic acids is 1. The molecule has 0 fully saturated rings. The summed E-state index contributed by atoms with van der Waals surface area (Å²) in [6.45, 7) is 0.387. The van der Waals surface area contributed by atoms with Crippen LogP contribution in [0.2, 0.25) is 0 Å². The highest BCUT2D eigenvalue weighted by molar-refractivity contribution is 6.04. The second-order valence-corrected chi connectivity index (χ2v) is 5.51. The third kappa shape index (κ3) is 3.67. The number of fused-ring (bicyclic) bond motifs is 1. The van der Waals surface area contributed by atoms with Gasteiger partial charge in [-0.2, -0.15) is 5.26 Å². The Morgan fingerprint density at radius 3 is 2.48 bits per heavy atom. The van der Waals surface area contributed by atoms with Gasteiger partial charge in [-0.3, -0.25) is 4.79 Å². The second kappa shape index (κ2) is 7.33. The van der Waals surface area contributed by atoms with Crippen LogP contribution in [0, 0.1) is 11.3 Å². The minimum absolute atomic E-state index is 0.110. The van der Waals surface area contributed by atoms with Gasteiger partial charge in [0.1, 0.15) is 24.0 Å². The molecule has 122 valence electrons. The highest BCUT2D eigenvalue weighted by Gasteiger charge is 2.11. The second-order valence-electron chi connectivity index (χ2n) is 5.51. The number of rotatable bonds is 5. The molecule has 4 heteroatoms. The molecule has 0 aromatic heterocycles. The van der Waals surface area contributed by atoms with Crippen LogP contribution in [0.15, 0.2) is 72.3 Å². The first-order valence-electron chi connectivity index (χ1n) is 7.79. The van der Waals surface area contributed by atoms with Crippen LogP contribution in [-0.2, 0) is 11.4 Å². The smallest absolute Gasteiger partial charge is 0.259 e. The Kier molecular flexibility index (Phi) is 4.77. The molecule has 4 nitrogen and oxygen atoms in total. The van der Waals surface area contributed by atoms with Crippen LogP contribution in [-0.4, -0.2) is 5.91 Å². The van der Waals surface area contributed by atoms with Crippen molar-refractivity contribution in [3.8, 4) is 11.8 Å². The number of nitriles is 1. The monoisotopic (exact) mass is 328 g/mol. The van der Waals surface area contributed by atoms with Crippen molar-refractivity contribution in [3.05, 3.63) is 83.4 Å². The van der Waals surface area contributed by atoms with E-state index in [1.807, 2.05) is 72.8 Å². The van der Waals surface area contributed by atoms with Crippen molar-refractivity contribution in [3.63, 3.8) is 0 Å². The minimum Gasteiger partial charge on any atom is -0.488 e. The summed E-state index contributed by atoms with van der Waals surface area (Å²) in [6.07, 6.45) is 1.49. The van der Waals surface area contributed by atoms with Crippen LogP contribution in [0.4, 0.5) is 0 Å². The zero-order chi connectivity index (χ0) is 17.6. The fourth-order valence-electron chi connectivity index (χ4n) is 2.59. The topological polar surface area (TPSA) is 76.1 Å². The van der Waals surface area contributed by atoms with Gasteiger partial charge in [-0.1, -0.05) is 60.7 Å². The summed E-state index contributed by atoms with van der Waals surface area (Å²) in [5.74, 6) is -0.166. The zero-order valence-corrected chi connectivity index (χ0v) is 13.5. The molecule has 3 rings (SSSR count). The summed E-state index contributed by atoms with van der Waals surface area (Å²) in [7, 11) is 0. The lowest BCUT2D eigenvalue weighted by Crippen LogP contribution is -2.12. The Labute approximate surface area is 145 Å². The lowest BCUT2D eigenvalue weighted by Gasteiger charge is -2.12. The van der Waals surface area contributed by atoms with Crippen LogP contribution in [0.3, 0.4) is 0 Å². The molecule has 3 aromatic carbocycles. The van der Waals surface area contributed by atoms with Crippen molar-refractivity contribution in [2.24, 2.45) is 5.73 Å². The molecule has 0 saturated carbocycles. The predicted molar refractivity (Wildman–Crippen MR) is 97.5 cm³/mol. The van der Waals surface area contributed by atoms with Gasteiger partial charge in [-0.15, -0.1) is 0 Å². The van der Waals surface area contributed by atoms with Crippen LogP contribution < -0.4 is 10.5 Å². The molecule has 1 amide bonds. The lowest BCUT2D eigenvalue weighted by molar-refractivity contribution is -0.114. The van der Waals surface area contributed by atoms with E-state index in [0.29, 0.717) is 17.9 Å². The van der Waals surface area contributed by atoms with Gasteiger partial charge in [0.15, 0.2) is 0 Å². The molecule has 0 unspecified atom stereocenters. The van der Waals surface area contributed by atoms with E-state index >= 15 is 0 Å². The Morgan fingerprint density at radius 1 is 1.04 bits per heavy atom. The van der Waals surface area contributed by atoms with Gasteiger partial charge < -0.3 is 10.5 Å². The summed E-state index contributed by atoms with van der Waals surface area (Å²) in [4.78, 5) is 11.5. The van der Waals surface area contributed by atoms with Gasteiger partial charge >= 0.3 is 0 Å². The van der Waals surface area contributed by atoms with E-state index in [0.717, 1.165) is 16.3 Å². The molecular weight excluding hydrogens is 312 g/mol. The first-order chi connectivity index (χ1) is 12.2. The number of carbonyl (C=O) groups is 1. The van der Waals surface area contributed by atoms with Crippen molar-refractivity contribution < 1.29 is 9.53 Å². The molecular formula is C21H16N2O2. The first-order valence-corrected chi connectivity index (χ1v) is 7.79. The average Bonchev–Trinajstić information content (AvgIpc) is 2.65. The van der Waals surface area contributed by atoms with Gasteiger partial charge in [0.05, 0.1) is 0 Å². The molecule has 0 saturated heterocycles. The number of ether oxygens (including phenoxy) is 1. The largest absolute Gasteiger partial charge is 0.488 e. The van der Waals surface area contributed by atoms with Crippen molar-refractivity contribution in [2.75, 3.05) is 0 Å². The van der Waals surface area contributed by atoms with E-state index in [1.54, 1.807) is 0 Å². The molecule has 0 spiro atoms. The SMILES string of the molecule is N#C/C(=C\c1c(OCc2ccccc2)ccc2ccccc12)C(N)=O. The summed E-state index contributed by atoms with van der Waals surface area (Å²) >= 11 is 0. The fourth-order valence-corrected chi connectivity index (χ4v) is 2.59. The summed E-state index contributed by atoms with van der Waals surface area (Å²) in [6, 6.07) is 23.1. The molecule has 0 aliphatic rings. The van der Waals surface area contributed by atoms with E-state index < -0.39 is 5.91 Å². The summed E-state index contributed by atoms with van der Waals surface area (Å²) < 4.78 is 5.95. The maximum Gasteiger partial charge on any atom is 0.259 e. The van der Waals surface area contributed by atoms with Crippen molar-refractivity contribution >= 4 is 22.8 Å². The van der Waals surface area contributed by atoms with Gasteiger partial charge in [0.25, 0.3) is 5.91 Å². The minimum atomic E-state index is -0.760. The molecule has 25 heavy (non-hydrogen) atoms. The van der Waals surface area contributed by atoms with E-state index in [4.69, 9.17) is 15.7 Å². The van der Waals surface area contributed by atoms with Gasteiger partial charge in [0, 0.05) is 5.56 Å². The molecule has 0 aliphatic heterocycles. The number of hydrogen-bond donors (Lipinski definition) is 1. The molecule has 0 bridgehead atoms. The lowest BCUT2D eigenvalue weighted by atomic mass is 10.0. The van der Waals surface area contributed by atoms with Crippen molar-refractivity contribution in [2.45, 2.75) is 6.61 Å². The Bertz CT molecular complexity index is 986. The maximum absolute atomic E-state index is 11.5. The zero-order valence-electron chi connectivity index (χ0n) is 13.5. The van der Waals surface area contributed by atoms with E-state index in [9.17, 15) is 4.79 Å². The maximum atomic E-state index is 11.5. The van der Waals surface area contributed by atoms with E-state index in [2.05, 4.69) is 0 Å². The highest BCUT2D eigenvalue weighted by atomic mass is 16.5. The molecule has 0 heterocycles. The number of amides is 1. The van der Waals surface area contributed by atoms with Crippen LogP contribution in [0.1, 0.15) is 11.1 Å². The summed E-state index contributed by atoms with van der Waals surface area (Å²) in [5, 5.41) is 11.0. The number of primary amides is 1. The van der Waals surface area contributed by atoms with Crippen LogP contribution in [0.25, 0.3) is 16.8 Å². The third-order valence-corrected chi connectivity index (χ3v) is 3.84. The number of nitrogens with zero attached hydrogens (tertiary/aromatic N) is 1. The Balaban J connectivity index is 2.07. The normalized spacial score (nSPS) is 11.1. The molecule has 0 aliphatic carbocycles. The van der Waals surface area contributed by atoms with Crippen molar-refractivity contribution in [1.82, 2.24) is 0 Å².